The number of rotatable bonds is 6. The van der Waals surface area contributed by atoms with Gasteiger partial charge in [0.2, 0.25) is 0 Å². The molecule has 2 amide bonds. The van der Waals surface area contributed by atoms with Crippen LogP contribution in [0, 0.1) is 5.92 Å². The smallest absolute Gasteiger partial charge is 0.317 e. The van der Waals surface area contributed by atoms with Crippen LogP contribution < -0.4 is 5.32 Å². The maximum Gasteiger partial charge on any atom is 0.317 e. The first-order valence-electron chi connectivity index (χ1n) is 5.20. The minimum Gasteiger partial charge on any atom is -0.481 e. The summed E-state index contributed by atoms with van der Waals surface area (Å²) >= 11 is 0. The zero-order chi connectivity index (χ0) is 11.8. The number of nitrogens with one attached hydrogen (secondary N) is 1. The molecule has 0 aromatic carbocycles. The summed E-state index contributed by atoms with van der Waals surface area (Å²) in [6, 6.07) is -0.111. The van der Waals surface area contributed by atoms with Gasteiger partial charge in [-0.15, -0.1) is 0 Å². The van der Waals surface area contributed by atoms with Crippen LogP contribution in [0.15, 0.2) is 0 Å². The van der Waals surface area contributed by atoms with Crippen molar-refractivity contribution < 1.29 is 14.7 Å². The third-order valence-electron chi connectivity index (χ3n) is 2.33. The number of urea groups is 1. The summed E-state index contributed by atoms with van der Waals surface area (Å²) in [6.07, 6.45) is 1.28. The van der Waals surface area contributed by atoms with Gasteiger partial charge in [-0.05, 0) is 19.8 Å². The van der Waals surface area contributed by atoms with E-state index in [0.29, 0.717) is 25.9 Å². The molecule has 0 aromatic heterocycles. The molecule has 2 N–H and O–H groups in total. The predicted molar refractivity (Wildman–Crippen MR) is 57.7 cm³/mol. The van der Waals surface area contributed by atoms with E-state index in [9.17, 15) is 9.59 Å². The molecule has 1 unspecified atom stereocenters. The number of carbonyl (C=O) groups is 2. The van der Waals surface area contributed by atoms with Gasteiger partial charge in [-0.25, -0.2) is 4.79 Å². The highest BCUT2D eigenvalue weighted by atomic mass is 16.4. The minimum absolute atomic E-state index is 0.111. The molecule has 5 nitrogen and oxygen atoms in total. The molecule has 0 aliphatic heterocycles. The molecule has 0 rings (SSSR count). The molecule has 0 saturated heterocycles. The van der Waals surface area contributed by atoms with E-state index >= 15 is 0 Å². The second kappa shape index (κ2) is 7.09. The van der Waals surface area contributed by atoms with Crippen LogP contribution in [0.3, 0.4) is 0 Å². The van der Waals surface area contributed by atoms with E-state index in [1.54, 1.807) is 18.9 Å². The number of hydrogen-bond acceptors (Lipinski definition) is 2. The average Bonchev–Trinajstić information content (AvgIpc) is 2.22. The van der Waals surface area contributed by atoms with Crippen LogP contribution >= 0.6 is 0 Å². The van der Waals surface area contributed by atoms with Crippen LogP contribution in [0.5, 0.6) is 0 Å². The molecule has 0 saturated carbocycles. The molecular formula is C10H20N2O3. The Hall–Kier alpha value is -1.26. The molecule has 0 aliphatic rings. The maximum atomic E-state index is 11.3. The molecular weight excluding hydrogens is 196 g/mol. The lowest BCUT2D eigenvalue weighted by atomic mass is 10.1. The summed E-state index contributed by atoms with van der Waals surface area (Å²) in [4.78, 5) is 23.3. The number of nitrogens with zero attached hydrogens (tertiary/aromatic N) is 1. The summed E-state index contributed by atoms with van der Waals surface area (Å²) < 4.78 is 0. The lowest BCUT2D eigenvalue weighted by Crippen LogP contribution is -2.37. The fraction of sp³-hybridized carbons (Fsp3) is 0.800. The highest BCUT2D eigenvalue weighted by molar-refractivity contribution is 5.73. The van der Waals surface area contributed by atoms with Gasteiger partial charge in [-0.3, -0.25) is 4.79 Å². The first kappa shape index (κ1) is 13.7. The second-order valence-electron chi connectivity index (χ2n) is 3.63. The lowest BCUT2D eigenvalue weighted by molar-refractivity contribution is -0.141. The SMILES string of the molecule is CCN(C)C(=O)NCCCC(C)C(=O)O. The quantitative estimate of drug-likeness (QED) is 0.654. The number of carbonyl (C=O) groups excluding carboxylic acids is 1. The highest BCUT2D eigenvalue weighted by Crippen LogP contribution is 2.04. The van der Waals surface area contributed by atoms with Crippen LogP contribution in [-0.4, -0.2) is 42.1 Å². The van der Waals surface area contributed by atoms with Crippen molar-refractivity contribution in [2.75, 3.05) is 20.1 Å². The molecule has 1 atom stereocenters. The molecule has 0 fully saturated rings. The molecule has 88 valence electrons. The molecule has 0 radical (unpaired) electrons. The number of carboxylic acid groups (broad SMARTS) is 1. The van der Waals surface area contributed by atoms with Gasteiger partial charge in [-0.2, -0.15) is 0 Å². The van der Waals surface area contributed by atoms with E-state index in [1.807, 2.05) is 6.92 Å². The van der Waals surface area contributed by atoms with Crippen molar-refractivity contribution in [3.8, 4) is 0 Å². The predicted octanol–water partition coefficient (Wildman–Crippen LogP) is 1.15. The number of carboxylic acids is 1. The summed E-state index contributed by atoms with van der Waals surface area (Å²) in [5.74, 6) is -1.13. The van der Waals surface area contributed by atoms with Gasteiger partial charge in [0.15, 0.2) is 0 Å². The largest absolute Gasteiger partial charge is 0.481 e. The van der Waals surface area contributed by atoms with Gasteiger partial charge >= 0.3 is 12.0 Å². The van der Waals surface area contributed by atoms with Crippen LogP contribution in [-0.2, 0) is 4.79 Å². The van der Waals surface area contributed by atoms with E-state index in [2.05, 4.69) is 5.32 Å². The average molecular weight is 216 g/mol. The molecule has 0 heterocycles. The van der Waals surface area contributed by atoms with Crippen molar-refractivity contribution in [3.05, 3.63) is 0 Å². The minimum atomic E-state index is -0.785. The maximum absolute atomic E-state index is 11.3. The summed E-state index contributed by atoms with van der Waals surface area (Å²) in [6.45, 7) is 4.76. The molecule has 0 aromatic rings. The van der Waals surface area contributed by atoms with Crippen molar-refractivity contribution in [3.63, 3.8) is 0 Å². The highest BCUT2D eigenvalue weighted by Gasteiger charge is 2.10. The van der Waals surface area contributed by atoms with Crippen LogP contribution in [0.4, 0.5) is 4.79 Å². The number of amides is 2. The second-order valence-corrected chi connectivity index (χ2v) is 3.63. The summed E-state index contributed by atoms with van der Waals surface area (Å²) in [5.41, 5.74) is 0. The van der Waals surface area contributed by atoms with Crippen molar-refractivity contribution in [2.45, 2.75) is 26.7 Å². The molecule has 15 heavy (non-hydrogen) atoms. The van der Waals surface area contributed by atoms with Crippen molar-refractivity contribution in [2.24, 2.45) is 5.92 Å². The molecule has 0 bridgehead atoms. The van der Waals surface area contributed by atoms with Gasteiger partial charge in [0, 0.05) is 20.1 Å². The van der Waals surface area contributed by atoms with Crippen molar-refractivity contribution in [1.29, 1.82) is 0 Å². The van der Waals surface area contributed by atoms with Crippen LogP contribution in [0.2, 0.25) is 0 Å². The van der Waals surface area contributed by atoms with Gasteiger partial charge in [0.1, 0.15) is 0 Å². The van der Waals surface area contributed by atoms with E-state index in [-0.39, 0.29) is 11.9 Å². The third kappa shape index (κ3) is 5.93. The normalized spacial score (nSPS) is 11.9. The lowest BCUT2D eigenvalue weighted by Gasteiger charge is -2.15. The van der Waals surface area contributed by atoms with E-state index in [1.165, 1.54) is 0 Å². The first-order valence-corrected chi connectivity index (χ1v) is 5.20. The van der Waals surface area contributed by atoms with E-state index in [0.717, 1.165) is 0 Å². The van der Waals surface area contributed by atoms with Gasteiger partial charge in [0.05, 0.1) is 5.92 Å². The van der Waals surface area contributed by atoms with E-state index in [4.69, 9.17) is 5.11 Å². The Morgan fingerprint density at radius 3 is 2.53 bits per heavy atom. The molecule has 0 spiro atoms. The third-order valence-corrected chi connectivity index (χ3v) is 2.33. The Kier molecular flexibility index (Phi) is 6.49. The van der Waals surface area contributed by atoms with Crippen molar-refractivity contribution in [1.82, 2.24) is 10.2 Å². The van der Waals surface area contributed by atoms with Gasteiger partial charge in [0.25, 0.3) is 0 Å². The zero-order valence-electron chi connectivity index (χ0n) is 9.62. The van der Waals surface area contributed by atoms with Crippen molar-refractivity contribution >= 4 is 12.0 Å². The fourth-order valence-electron chi connectivity index (χ4n) is 1.01. The summed E-state index contributed by atoms with van der Waals surface area (Å²) in [7, 11) is 1.72. The Morgan fingerprint density at radius 2 is 2.07 bits per heavy atom. The van der Waals surface area contributed by atoms with Crippen LogP contribution in [0.1, 0.15) is 26.7 Å². The topological polar surface area (TPSA) is 69.6 Å². The summed E-state index contributed by atoms with van der Waals surface area (Å²) in [5, 5.41) is 11.3. The van der Waals surface area contributed by atoms with Gasteiger partial charge in [-0.1, -0.05) is 6.92 Å². The Labute approximate surface area is 90.5 Å². The molecule has 5 heteroatoms. The van der Waals surface area contributed by atoms with Crippen LogP contribution in [0.25, 0.3) is 0 Å². The van der Waals surface area contributed by atoms with Gasteiger partial charge < -0.3 is 15.3 Å². The standard InChI is InChI=1S/C10H20N2O3/c1-4-12(3)10(15)11-7-5-6-8(2)9(13)14/h8H,4-7H2,1-3H3,(H,11,15)(H,13,14). The zero-order valence-corrected chi connectivity index (χ0v) is 9.62. The van der Waals surface area contributed by atoms with E-state index < -0.39 is 5.97 Å². The fourth-order valence-corrected chi connectivity index (χ4v) is 1.01. The Bertz CT molecular complexity index is 219. The first-order chi connectivity index (χ1) is 6.99. The Balaban J connectivity index is 3.54. The Morgan fingerprint density at radius 1 is 1.47 bits per heavy atom. The number of hydrogen-bond donors (Lipinski definition) is 2. The monoisotopic (exact) mass is 216 g/mol. The molecule has 0 aliphatic carbocycles. The number of aliphatic carboxylic acids is 1.